The molecule has 3 rings (SSSR count). The normalized spacial score (nSPS) is 20.4. The average molecular weight is 362 g/mol. The Morgan fingerprint density at radius 3 is 2.25 bits per heavy atom. The lowest BCUT2D eigenvalue weighted by Gasteiger charge is -2.37. The molecule has 0 unspecified atom stereocenters. The molecule has 1 aromatic carbocycles. The number of benzene rings is 1. The Morgan fingerprint density at radius 2 is 1.71 bits per heavy atom. The lowest BCUT2D eigenvalue weighted by Crippen LogP contribution is -2.48. The highest BCUT2D eigenvalue weighted by molar-refractivity contribution is 8.00. The molecular formula is C15H17F3N2O3S. The maximum absolute atomic E-state index is 12.3. The molecule has 0 atom stereocenters. The second-order valence-electron chi connectivity index (χ2n) is 5.60. The van der Waals surface area contributed by atoms with Gasteiger partial charge >= 0.3 is 11.5 Å². The number of nitrogens with zero attached hydrogens (tertiary/aromatic N) is 1. The number of carbonyl (C=O) groups excluding carboxylic acids is 1. The third-order valence-electron chi connectivity index (χ3n) is 3.97. The first kappa shape index (κ1) is 17.4. The van der Waals surface area contributed by atoms with Crippen molar-refractivity contribution < 1.29 is 27.4 Å². The minimum Gasteiger partial charge on any atom is -0.347 e. The van der Waals surface area contributed by atoms with Crippen molar-refractivity contribution in [1.29, 1.82) is 0 Å². The maximum Gasteiger partial charge on any atom is 0.446 e. The predicted octanol–water partition coefficient (Wildman–Crippen LogP) is 3.67. The molecule has 2 fully saturated rings. The summed E-state index contributed by atoms with van der Waals surface area (Å²) in [6.07, 6.45) is 1.23. The van der Waals surface area contributed by atoms with Gasteiger partial charge in [-0.3, -0.25) is 0 Å². The summed E-state index contributed by atoms with van der Waals surface area (Å²) in [6.45, 7) is 2.17. The molecule has 9 heteroatoms. The standard InChI is InChI=1S/C15H17F3N2O3S/c16-15(17,18)24-12-3-1-11(2-4-12)19-13(21)20-7-5-14(6-8-20)22-9-10-23-14/h1-4H,5-10H2,(H,19,21). The van der Waals surface area contributed by atoms with Crippen LogP contribution >= 0.6 is 11.8 Å². The smallest absolute Gasteiger partial charge is 0.347 e. The first-order valence-electron chi connectivity index (χ1n) is 7.55. The summed E-state index contributed by atoms with van der Waals surface area (Å²) in [6, 6.07) is 5.30. The second-order valence-corrected chi connectivity index (χ2v) is 6.74. The molecule has 2 heterocycles. The fraction of sp³-hybridized carbons (Fsp3) is 0.533. The lowest BCUT2D eigenvalue weighted by molar-refractivity contribution is -0.181. The van der Waals surface area contributed by atoms with E-state index in [0.29, 0.717) is 44.8 Å². The number of urea groups is 1. The molecule has 0 radical (unpaired) electrons. The van der Waals surface area contributed by atoms with Crippen LogP contribution in [0.5, 0.6) is 0 Å². The molecular weight excluding hydrogens is 345 g/mol. The van der Waals surface area contributed by atoms with E-state index in [1.807, 2.05) is 0 Å². The molecule has 132 valence electrons. The third kappa shape index (κ3) is 4.34. The number of anilines is 1. The maximum atomic E-state index is 12.3. The number of carbonyl (C=O) groups is 1. The van der Waals surface area contributed by atoms with Crippen molar-refractivity contribution in [2.45, 2.75) is 29.0 Å². The Balaban J connectivity index is 1.52. The van der Waals surface area contributed by atoms with Crippen LogP contribution in [0.25, 0.3) is 0 Å². The summed E-state index contributed by atoms with van der Waals surface area (Å²) >= 11 is -0.184. The molecule has 5 nitrogen and oxygen atoms in total. The van der Waals surface area contributed by atoms with E-state index in [1.165, 1.54) is 24.3 Å². The van der Waals surface area contributed by atoms with Crippen molar-refractivity contribution >= 4 is 23.5 Å². The van der Waals surface area contributed by atoms with Gasteiger partial charge in [-0.05, 0) is 36.0 Å². The van der Waals surface area contributed by atoms with Crippen LogP contribution in [0.2, 0.25) is 0 Å². The van der Waals surface area contributed by atoms with Crippen LogP contribution in [0, 0.1) is 0 Å². The van der Waals surface area contributed by atoms with Gasteiger partial charge in [-0.15, -0.1) is 0 Å². The minimum atomic E-state index is -4.32. The quantitative estimate of drug-likeness (QED) is 0.816. The first-order valence-corrected chi connectivity index (χ1v) is 8.37. The average Bonchev–Trinajstić information content (AvgIpc) is 2.97. The Kier molecular flexibility index (Phi) is 4.93. The van der Waals surface area contributed by atoms with Gasteiger partial charge < -0.3 is 19.7 Å². The fourth-order valence-corrected chi connectivity index (χ4v) is 3.32. The highest BCUT2D eigenvalue weighted by Gasteiger charge is 2.40. The summed E-state index contributed by atoms with van der Waals surface area (Å²) in [5, 5.41) is 2.70. The monoisotopic (exact) mass is 362 g/mol. The zero-order valence-electron chi connectivity index (χ0n) is 12.8. The number of nitrogens with one attached hydrogen (secondary N) is 1. The van der Waals surface area contributed by atoms with E-state index >= 15 is 0 Å². The van der Waals surface area contributed by atoms with Gasteiger partial charge in [0.25, 0.3) is 0 Å². The number of halogens is 3. The summed E-state index contributed by atoms with van der Waals surface area (Å²) in [7, 11) is 0. The van der Waals surface area contributed by atoms with Crippen molar-refractivity contribution in [3.05, 3.63) is 24.3 Å². The summed E-state index contributed by atoms with van der Waals surface area (Å²) < 4.78 is 48.1. The van der Waals surface area contributed by atoms with Gasteiger partial charge in [-0.1, -0.05) is 0 Å². The number of likely N-dealkylation sites (tertiary alicyclic amines) is 1. The van der Waals surface area contributed by atoms with Crippen LogP contribution in [-0.2, 0) is 9.47 Å². The largest absolute Gasteiger partial charge is 0.446 e. The van der Waals surface area contributed by atoms with Crippen molar-refractivity contribution in [2.24, 2.45) is 0 Å². The van der Waals surface area contributed by atoms with E-state index in [1.54, 1.807) is 4.90 Å². The first-order chi connectivity index (χ1) is 11.4. The van der Waals surface area contributed by atoms with Gasteiger partial charge in [-0.2, -0.15) is 13.2 Å². The molecule has 0 saturated carbocycles. The summed E-state index contributed by atoms with van der Waals surface area (Å²) in [4.78, 5) is 14.0. The summed E-state index contributed by atoms with van der Waals surface area (Å²) in [5.41, 5.74) is -3.86. The second kappa shape index (κ2) is 6.81. The van der Waals surface area contributed by atoms with Crippen molar-refractivity contribution in [2.75, 3.05) is 31.6 Å². The van der Waals surface area contributed by atoms with Gasteiger partial charge in [0.2, 0.25) is 0 Å². The zero-order valence-corrected chi connectivity index (χ0v) is 13.6. The molecule has 2 saturated heterocycles. The van der Waals surface area contributed by atoms with Crippen molar-refractivity contribution in [1.82, 2.24) is 4.90 Å². The van der Waals surface area contributed by atoms with E-state index in [4.69, 9.17) is 9.47 Å². The highest BCUT2D eigenvalue weighted by Crippen LogP contribution is 2.37. The topological polar surface area (TPSA) is 50.8 Å². The Hall–Kier alpha value is -1.45. The van der Waals surface area contributed by atoms with Crippen molar-refractivity contribution in [3.63, 3.8) is 0 Å². The molecule has 0 aromatic heterocycles. The lowest BCUT2D eigenvalue weighted by atomic mass is 10.0. The van der Waals surface area contributed by atoms with Gasteiger partial charge in [0.15, 0.2) is 5.79 Å². The number of hydrogen-bond donors (Lipinski definition) is 1. The number of amides is 2. The SMILES string of the molecule is O=C(Nc1ccc(SC(F)(F)F)cc1)N1CCC2(CC1)OCCO2. The molecule has 1 aromatic rings. The Bertz CT molecular complexity index is 579. The zero-order chi connectivity index (χ0) is 17.2. The molecule has 24 heavy (non-hydrogen) atoms. The number of piperidine rings is 1. The third-order valence-corrected chi connectivity index (χ3v) is 4.70. The number of thioether (sulfide) groups is 1. The molecule has 0 aliphatic carbocycles. The van der Waals surface area contributed by atoms with Gasteiger partial charge in [0.05, 0.1) is 13.2 Å². The Morgan fingerprint density at radius 1 is 1.12 bits per heavy atom. The molecule has 1 N–H and O–H groups in total. The van der Waals surface area contributed by atoms with E-state index in [2.05, 4.69) is 5.32 Å². The highest BCUT2D eigenvalue weighted by atomic mass is 32.2. The van der Waals surface area contributed by atoms with Gasteiger partial charge in [0, 0.05) is 36.5 Å². The van der Waals surface area contributed by atoms with E-state index in [-0.39, 0.29) is 22.7 Å². The predicted molar refractivity (Wildman–Crippen MR) is 82.8 cm³/mol. The molecule has 2 aliphatic rings. The molecule has 0 bridgehead atoms. The van der Waals surface area contributed by atoms with Crippen molar-refractivity contribution in [3.8, 4) is 0 Å². The number of ether oxygens (including phenoxy) is 2. The number of hydrogen-bond acceptors (Lipinski definition) is 4. The summed E-state index contributed by atoms with van der Waals surface area (Å²) in [5.74, 6) is -0.548. The van der Waals surface area contributed by atoms with Crippen LogP contribution in [0.1, 0.15) is 12.8 Å². The van der Waals surface area contributed by atoms with Crippen LogP contribution < -0.4 is 5.32 Å². The fourth-order valence-electron chi connectivity index (χ4n) is 2.78. The van der Waals surface area contributed by atoms with Gasteiger partial charge in [0.1, 0.15) is 0 Å². The number of alkyl halides is 3. The van der Waals surface area contributed by atoms with E-state index in [9.17, 15) is 18.0 Å². The van der Waals surface area contributed by atoms with Crippen LogP contribution in [0.15, 0.2) is 29.2 Å². The Labute approximate surface area is 141 Å². The molecule has 1 spiro atoms. The number of rotatable bonds is 2. The molecule has 2 aliphatic heterocycles. The molecule has 2 amide bonds. The van der Waals surface area contributed by atoms with E-state index in [0.717, 1.165) is 0 Å². The van der Waals surface area contributed by atoms with Gasteiger partial charge in [-0.25, -0.2) is 4.79 Å². The van der Waals surface area contributed by atoms with Crippen LogP contribution in [0.4, 0.5) is 23.7 Å². The van der Waals surface area contributed by atoms with E-state index < -0.39 is 11.3 Å². The van der Waals surface area contributed by atoms with Crippen LogP contribution in [-0.4, -0.2) is 48.5 Å². The minimum absolute atomic E-state index is 0.0796. The van der Waals surface area contributed by atoms with Crippen LogP contribution in [0.3, 0.4) is 0 Å².